The summed E-state index contributed by atoms with van der Waals surface area (Å²) in [7, 11) is -0.603. The first kappa shape index (κ1) is 28.7. The Balaban J connectivity index is 0.000000623. The van der Waals surface area contributed by atoms with Crippen LogP contribution in [0, 0.1) is 10.2 Å². The molecule has 6 nitrogen and oxygen atoms in total. The van der Waals surface area contributed by atoms with Crippen LogP contribution in [0.25, 0.3) is 55.8 Å². The second-order valence-corrected chi connectivity index (χ2v) is 11.2. The Morgan fingerprint density at radius 2 is 1.07 bits per heavy atom. The lowest BCUT2D eigenvalue weighted by molar-refractivity contribution is -2.00. The molecule has 0 aliphatic heterocycles. The summed E-state index contributed by atoms with van der Waals surface area (Å²) in [5.74, 6) is 1.18. The van der Waals surface area contributed by atoms with Crippen molar-refractivity contribution < 1.29 is 33.4 Å². The maximum atomic E-state index is 8.49. The van der Waals surface area contributed by atoms with Gasteiger partial charge in [0, 0.05) is 4.47 Å². The number of benzene rings is 5. The normalized spacial score (nSPS) is 11.3. The standard InChI is InChI=1S/C33H26BrN2.ClHO4/c1-35-30-15-9-10-16-31(30)36(2)33(35)32-28(24-11-5-3-6-12-24)21-26(23-17-19-27(34)20-18-23)22-29(32)25-13-7-4-8-14-25;2-1(3,4)5/h3-22H,1-2H3;(H,2,3,4,5)/q+1;/p-1. The van der Waals surface area contributed by atoms with E-state index in [1.54, 1.807) is 0 Å². The summed E-state index contributed by atoms with van der Waals surface area (Å²) in [5, 5.41) is 0. The number of aryl methyl sites for hydroxylation is 2. The van der Waals surface area contributed by atoms with Crippen LogP contribution in [0.15, 0.2) is 126 Å². The van der Waals surface area contributed by atoms with Crippen molar-refractivity contribution in [3.8, 4) is 44.8 Å². The van der Waals surface area contributed by atoms with Crippen molar-refractivity contribution in [3.63, 3.8) is 0 Å². The third-order valence-corrected chi connectivity index (χ3v) is 7.48. The summed E-state index contributed by atoms with van der Waals surface area (Å²) in [6.45, 7) is 0. The van der Waals surface area contributed by atoms with Gasteiger partial charge >= 0.3 is 0 Å². The molecule has 0 saturated carbocycles. The Labute approximate surface area is 248 Å². The van der Waals surface area contributed by atoms with Crippen molar-refractivity contribution >= 4 is 27.0 Å². The average molecular weight is 630 g/mol. The van der Waals surface area contributed by atoms with E-state index in [1.807, 2.05) is 0 Å². The van der Waals surface area contributed by atoms with Gasteiger partial charge in [0.1, 0.15) is 0 Å². The average Bonchev–Trinajstić information content (AvgIpc) is 3.22. The molecule has 0 fully saturated rings. The third kappa shape index (κ3) is 6.41. The lowest BCUT2D eigenvalue weighted by atomic mass is 9.87. The molecular formula is C33H26BrClN2O4. The molecule has 206 valence electrons. The number of hydrogen-bond donors (Lipinski definition) is 0. The molecule has 1 aromatic heterocycles. The second-order valence-electron chi connectivity index (χ2n) is 9.49. The first-order valence-electron chi connectivity index (χ1n) is 12.7. The molecule has 0 amide bonds. The summed E-state index contributed by atoms with van der Waals surface area (Å²) < 4.78 is 39.7. The molecule has 0 aliphatic rings. The van der Waals surface area contributed by atoms with Crippen LogP contribution in [0.4, 0.5) is 0 Å². The number of para-hydroxylation sites is 2. The fourth-order valence-electron chi connectivity index (χ4n) is 5.20. The number of hydrogen-bond acceptors (Lipinski definition) is 4. The Bertz CT molecular complexity index is 1690. The van der Waals surface area contributed by atoms with Gasteiger partial charge in [0.25, 0.3) is 5.82 Å². The van der Waals surface area contributed by atoms with Gasteiger partial charge in [-0.05, 0) is 69.8 Å². The Morgan fingerprint density at radius 1 is 0.610 bits per heavy atom. The minimum Gasteiger partial charge on any atom is -0.226 e. The third-order valence-electron chi connectivity index (χ3n) is 6.95. The van der Waals surface area contributed by atoms with Crippen LogP contribution >= 0.6 is 15.9 Å². The number of rotatable bonds is 4. The summed E-state index contributed by atoms with van der Waals surface area (Å²) in [6.07, 6.45) is 0. The molecule has 0 aliphatic carbocycles. The fraction of sp³-hybridized carbons (Fsp3) is 0.0606. The maximum absolute atomic E-state index is 8.49. The van der Waals surface area contributed by atoms with Crippen LogP contribution in [0.5, 0.6) is 0 Å². The van der Waals surface area contributed by atoms with Gasteiger partial charge in [-0.15, -0.1) is 10.2 Å². The van der Waals surface area contributed by atoms with E-state index in [0.29, 0.717) is 0 Å². The van der Waals surface area contributed by atoms with Gasteiger partial charge in [0.15, 0.2) is 11.0 Å². The lowest BCUT2D eigenvalue weighted by Gasteiger charge is -2.17. The van der Waals surface area contributed by atoms with Gasteiger partial charge in [-0.2, -0.15) is 0 Å². The minimum absolute atomic E-state index is 1.08. The minimum atomic E-state index is -4.94. The summed E-state index contributed by atoms with van der Waals surface area (Å²) >= 11 is 3.59. The number of aromatic nitrogens is 2. The lowest BCUT2D eigenvalue weighted by Crippen LogP contribution is -2.68. The molecule has 41 heavy (non-hydrogen) atoms. The summed E-state index contributed by atoms with van der Waals surface area (Å²) in [5.41, 5.74) is 10.9. The van der Waals surface area contributed by atoms with E-state index in [9.17, 15) is 0 Å². The molecule has 1 heterocycles. The zero-order valence-corrected chi connectivity index (χ0v) is 24.7. The van der Waals surface area contributed by atoms with Crippen molar-refractivity contribution in [2.75, 3.05) is 0 Å². The molecule has 8 heteroatoms. The van der Waals surface area contributed by atoms with Crippen molar-refractivity contribution in [3.05, 3.63) is 126 Å². The molecule has 0 spiro atoms. The van der Waals surface area contributed by atoms with Gasteiger partial charge in [0.05, 0.1) is 19.7 Å². The second kappa shape index (κ2) is 12.0. The van der Waals surface area contributed by atoms with Gasteiger partial charge < -0.3 is 0 Å². The van der Waals surface area contributed by atoms with E-state index in [1.165, 1.54) is 55.8 Å². The number of imidazole rings is 1. The highest BCUT2D eigenvalue weighted by molar-refractivity contribution is 9.10. The van der Waals surface area contributed by atoms with Gasteiger partial charge in [-0.1, -0.05) is 101 Å². The molecule has 0 radical (unpaired) electrons. The Hall–Kier alpha value is -3.82. The molecule has 6 aromatic rings. The first-order valence-corrected chi connectivity index (χ1v) is 14.7. The van der Waals surface area contributed by atoms with Crippen molar-refractivity contribution in [2.45, 2.75) is 0 Å². The Kier molecular flexibility index (Phi) is 8.37. The quantitative estimate of drug-likeness (QED) is 0.278. The highest BCUT2D eigenvalue weighted by Crippen LogP contribution is 2.43. The number of nitrogens with zero attached hydrogens (tertiary/aromatic N) is 2. The van der Waals surface area contributed by atoms with Gasteiger partial charge in [-0.25, -0.2) is 27.8 Å². The molecule has 0 unspecified atom stereocenters. The predicted molar refractivity (Wildman–Crippen MR) is 154 cm³/mol. The monoisotopic (exact) mass is 628 g/mol. The highest BCUT2D eigenvalue weighted by Gasteiger charge is 2.28. The van der Waals surface area contributed by atoms with Crippen LogP contribution < -0.4 is 23.2 Å². The zero-order valence-electron chi connectivity index (χ0n) is 22.3. The molecule has 0 atom stereocenters. The van der Waals surface area contributed by atoms with Crippen LogP contribution in [0.3, 0.4) is 0 Å². The molecule has 0 saturated heterocycles. The Morgan fingerprint density at radius 3 is 1.56 bits per heavy atom. The predicted octanol–water partition coefficient (Wildman–Crippen LogP) is 3.68. The molecule has 5 aromatic carbocycles. The van der Waals surface area contributed by atoms with Crippen molar-refractivity contribution in [1.82, 2.24) is 4.57 Å². The summed E-state index contributed by atoms with van der Waals surface area (Å²) in [4.78, 5) is 0. The van der Waals surface area contributed by atoms with Crippen LogP contribution in [0.2, 0.25) is 0 Å². The van der Waals surface area contributed by atoms with Crippen LogP contribution in [0.1, 0.15) is 0 Å². The molecule has 6 rings (SSSR count). The van der Waals surface area contributed by atoms with E-state index in [-0.39, 0.29) is 0 Å². The van der Waals surface area contributed by atoms with E-state index in [2.05, 4.69) is 160 Å². The van der Waals surface area contributed by atoms with Crippen molar-refractivity contribution in [2.24, 2.45) is 14.1 Å². The number of fused-ring (bicyclic) bond motifs is 1. The molecular weight excluding hydrogens is 604 g/mol. The van der Waals surface area contributed by atoms with E-state index in [4.69, 9.17) is 18.6 Å². The van der Waals surface area contributed by atoms with Gasteiger partial charge in [0.2, 0.25) is 0 Å². The SMILES string of the molecule is Cn1c(-c2c(-c3ccccc3)cc(-c3ccc(Br)cc3)cc2-c2ccccc2)[n+](C)c2ccccc21.[O-][Cl+3]([O-])([O-])[O-]. The van der Waals surface area contributed by atoms with Crippen LogP contribution in [-0.4, -0.2) is 4.57 Å². The smallest absolute Gasteiger partial charge is 0.226 e. The van der Waals surface area contributed by atoms with E-state index < -0.39 is 10.2 Å². The van der Waals surface area contributed by atoms with Gasteiger partial charge in [-0.3, -0.25) is 0 Å². The number of halogens is 2. The highest BCUT2D eigenvalue weighted by atomic mass is 79.9. The fourth-order valence-corrected chi connectivity index (χ4v) is 5.47. The topological polar surface area (TPSA) is 101 Å². The summed E-state index contributed by atoms with van der Waals surface area (Å²) in [6, 6.07) is 43.4. The first-order chi connectivity index (χ1) is 19.6. The van der Waals surface area contributed by atoms with E-state index in [0.717, 1.165) is 4.47 Å². The maximum Gasteiger partial charge on any atom is 0.290 e. The van der Waals surface area contributed by atoms with Crippen LogP contribution in [-0.2, 0) is 14.1 Å². The zero-order chi connectivity index (χ0) is 29.1. The largest absolute Gasteiger partial charge is 0.290 e. The molecule has 0 bridgehead atoms. The van der Waals surface area contributed by atoms with Crippen molar-refractivity contribution in [1.29, 1.82) is 0 Å². The van der Waals surface area contributed by atoms with E-state index >= 15 is 0 Å². The molecule has 0 N–H and O–H groups in total.